The van der Waals surface area contributed by atoms with E-state index in [4.69, 9.17) is 0 Å². The van der Waals surface area contributed by atoms with Gasteiger partial charge in [-0.15, -0.1) is 0 Å². The third kappa shape index (κ3) is 1.44. The Balaban J connectivity index is 1.78. The van der Waals surface area contributed by atoms with E-state index in [0.29, 0.717) is 0 Å². The summed E-state index contributed by atoms with van der Waals surface area (Å²) in [6, 6.07) is 0.897. The van der Waals surface area contributed by atoms with E-state index in [1.54, 1.807) is 0 Å². The highest BCUT2D eigenvalue weighted by Gasteiger charge is 2.38. The van der Waals surface area contributed by atoms with Crippen molar-refractivity contribution in [3.05, 3.63) is 0 Å². The summed E-state index contributed by atoms with van der Waals surface area (Å²) in [4.78, 5) is 0. The maximum atomic E-state index is 3.66. The van der Waals surface area contributed by atoms with Gasteiger partial charge in [0.05, 0.1) is 0 Å². The van der Waals surface area contributed by atoms with Crippen LogP contribution in [-0.2, 0) is 0 Å². The molecule has 0 aromatic carbocycles. The first-order valence-corrected chi connectivity index (χ1v) is 5.13. The predicted molar refractivity (Wildman–Crippen MR) is 47.5 cm³/mol. The second kappa shape index (κ2) is 3.14. The van der Waals surface area contributed by atoms with Crippen molar-refractivity contribution in [3.8, 4) is 0 Å². The predicted octanol–water partition coefficient (Wildman–Crippen LogP) is 2.17. The zero-order chi connectivity index (χ0) is 7.68. The number of hydrogen-bond acceptors (Lipinski definition) is 1. The SMILES string of the molecule is CCCN[C@H]1C[C@H]2CC[C@@H]1C2. The fraction of sp³-hybridized carbons (Fsp3) is 1.00. The van der Waals surface area contributed by atoms with Crippen molar-refractivity contribution in [2.24, 2.45) is 11.8 Å². The molecule has 2 aliphatic rings. The monoisotopic (exact) mass is 153 g/mol. The molecule has 2 rings (SSSR count). The van der Waals surface area contributed by atoms with Gasteiger partial charge in [-0.3, -0.25) is 0 Å². The Morgan fingerprint density at radius 3 is 2.73 bits per heavy atom. The highest BCUT2D eigenvalue weighted by Crippen LogP contribution is 2.44. The lowest BCUT2D eigenvalue weighted by Gasteiger charge is -2.22. The van der Waals surface area contributed by atoms with E-state index in [-0.39, 0.29) is 0 Å². The molecule has 0 spiro atoms. The fourth-order valence-corrected chi connectivity index (χ4v) is 2.82. The molecular weight excluding hydrogens is 134 g/mol. The van der Waals surface area contributed by atoms with Gasteiger partial charge in [-0.05, 0) is 44.1 Å². The van der Waals surface area contributed by atoms with Gasteiger partial charge in [0.1, 0.15) is 0 Å². The van der Waals surface area contributed by atoms with Crippen LogP contribution in [0.4, 0.5) is 0 Å². The molecule has 0 aromatic rings. The highest BCUT2D eigenvalue weighted by atomic mass is 14.9. The van der Waals surface area contributed by atoms with Gasteiger partial charge >= 0.3 is 0 Å². The van der Waals surface area contributed by atoms with Crippen LogP contribution in [0, 0.1) is 11.8 Å². The van der Waals surface area contributed by atoms with Gasteiger partial charge in [0, 0.05) is 6.04 Å². The van der Waals surface area contributed by atoms with Crippen molar-refractivity contribution < 1.29 is 0 Å². The van der Waals surface area contributed by atoms with Crippen LogP contribution in [0.1, 0.15) is 39.0 Å². The molecule has 0 unspecified atom stereocenters. The zero-order valence-corrected chi connectivity index (χ0v) is 7.47. The summed E-state index contributed by atoms with van der Waals surface area (Å²) in [6.45, 7) is 3.48. The molecule has 3 atom stereocenters. The normalized spacial score (nSPS) is 41.7. The summed E-state index contributed by atoms with van der Waals surface area (Å²) in [7, 11) is 0. The van der Waals surface area contributed by atoms with E-state index < -0.39 is 0 Å². The minimum absolute atomic E-state index is 0.897. The van der Waals surface area contributed by atoms with E-state index in [0.717, 1.165) is 17.9 Å². The Bertz CT molecular complexity index is 133. The Morgan fingerprint density at radius 1 is 1.27 bits per heavy atom. The minimum atomic E-state index is 0.897. The van der Waals surface area contributed by atoms with E-state index >= 15 is 0 Å². The molecular formula is C10H19N. The van der Waals surface area contributed by atoms with E-state index in [1.165, 1.54) is 38.6 Å². The molecule has 1 heteroatoms. The van der Waals surface area contributed by atoms with Gasteiger partial charge in [0.2, 0.25) is 0 Å². The Morgan fingerprint density at radius 2 is 2.18 bits per heavy atom. The molecule has 64 valence electrons. The molecule has 1 N–H and O–H groups in total. The largest absolute Gasteiger partial charge is 0.314 e. The average molecular weight is 153 g/mol. The van der Waals surface area contributed by atoms with Crippen LogP contribution in [0.25, 0.3) is 0 Å². The van der Waals surface area contributed by atoms with Crippen molar-refractivity contribution in [2.45, 2.75) is 45.1 Å². The van der Waals surface area contributed by atoms with Crippen LogP contribution in [0.15, 0.2) is 0 Å². The molecule has 0 heterocycles. The number of hydrogen-bond donors (Lipinski definition) is 1. The third-order valence-electron chi connectivity index (χ3n) is 3.39. The van der Waals surface area contributed by atoms with Gasteiger partial charge in [-0.25, -0.2) is 0 Å². The first-order chi connectivity index (χ1) is 5.40. The molecule has 0 radical (unpaired) electrons. The average Bonchev–Trinajstić information content (AvgIpc) is 2.60. The van der Waals surface area contributed by atoms with Gasteiger partial charge in [0.15, 0.2) is 0 Å². The quantitative estimate of drug-likeness (QED) is 0.655. The van der Waals surface area contributed by atoms with Crippen molar-refractivity contribution in [2.75, 3.05) is 6.54 Å². The standard InChI is InChI=1S/C10H19N/c1-2-5-11-10-7-8-3-4-9(10)6-8/h8-11H,2-7H2,1H3/t8-,9+,10-/m0/s1. The third-order valence-corrected chi connectivity index (χ3v) is 3.39. The first-order valence-electron chi connectivity index (χ1n) is 5.13. The number of rotatable bonds is 3. The molecule has 0 aliphatic heterocycles. The molecule has 0 amide bonds. The smallest absolute Gasteiger partial charge is 0.00980 e. The van der Waals surface area contributed by atoms with Crippen molar-refractivity contribution >= 4 is 0 Å². The topological polar surface area (TPSA) is 12.0 Å². The van der Waals surface area contributed by atoms with Crippen molar-refractivity contribution in [3.63, 3.8) is 0 Å². The lowest BCUT2D eigenvalue weighted by atomic mass is 9.95. The fourth-order valence-electron chi connectivity index (χ4n) is 2.82. The van der Waals surface area contributed by atoms with Gasteiger partial charge in [0.25, 0.3) is 0 Å². The summed E-state index contributed by atoms with van der Waals surface area (Å²) >= 11 is 0. The van der Waals surface area contributed by atoms with Crippen molar-refractivity contribution in [1.29, 1.82) is 0 Å². The maximum Gasteiger partial charge on any atom is 0.00980 e. The second-order valence-corrected chi connectivity index (χ2v) is 4.24. The van der Waals surface area contributed by atoms with Gasteiger partial charge in [-0.1, -0.05) is 13.3 Å². The van der Waals surface area contributed by atoms with Crippen molar-refractivity contribution in [1.82, 2.24) is 5.32 Å². The lowest BCUT2D eigenvalue weighted by molar-refractivity contribution is 0.353. The molecule has 2 fully saturated rings. The summed E-state index contributed by atoms with van der Waals surface area (Å²) in [5.41, 5.74) is 0. The molecule has 11 heavy (non-hydrogen) atoms. The molecule has 0 saturated heterocycles. The summed E-state index contributed by atoms with van der Waals surface area (Å²) in [5.74, 6) is 2.14. The van der Waals surface area contributed by atoms with Crippen LogP contribution in [-0.4, -0.2) is 12.6 Å². The first kappa shape index (κ1) is 7.60. The lowest BCUT2D eigenvalue weighted by Crippen LogP contribution is -2.34. The number of fused-ring (bicyclic) bond motifs is 2. The van der Waals surface area contributed by atoms with Crippen LogP contribution < -0.4 is 5.32 Å². The summed E-state index contributed by atoms with van der Waals surface area (Å²) in [6.07, 6.45) is 7.32. The Hall–Kier alpha value is -0.0400. The molecule has 1 nitrogen and oxygen atoms in total. The molecule has 2 saturated carbocycles. The summed E-state index contributed by atoms with van der Waals surface area (Å²) in [5, 5.41) is 3.66. The van der Waals surface area contributed by atoms with Crippen LogP contribution >= 0.6 is 0 Å². The second-order valence-electron chi connectivity index (χ2n) is 4.24. The van der Waals surface area contributed by atoms with Crippen LogP contribution in [0.5, 0.6) is 0 Å². The van der Waals surface area contributed by atoms with Crippen LogP contribution in [0.3, 0.4) is 0 Å². The van der Waals surface area contributed by atoms with Crippen LogP contribution in [0.2, 0.25) is 0 Å². The van der Waals surface area contributed by atoms with Gasteiger partial charge in [-0.2, -0.15) is 0 Å². The molecule has 2 aliphatic carbocycles. The number of nitrogens with one attached hydrogen (secondary N) is 1. The van der Waals surface area contributed by atoms with E-state index in [9.17, 15) is 0 Å². The molecule has 2 bridgehead atoms. The van der Waals surface area contributed by atoms with E-state index in [1.807, 2.05) is 0 Å². The van der Waals surface area contributed by atoms with Gasteiger partial charge < -0.3 is 5.32 Å². The highest BCUT2D eigenvalue weighted by molar-refractivity contribution is 4.93. The molecule has 0 aromatic heterocycles. The summed E-state index contributed by atoms with van der Waals surface area (Å²) < 4.78 is 0. The van der Waals surface area contributed by atoms with E-state index in [2.05, 4.69) is 12.2 Å². The Labute approximate surface area is 69.6 Å². The Kier molecular flexibility index (Phi) is 2.17. The zero-order valence-electron chi connectivity index (χ0n) is 7.47. The minimum Gasteiger partial charge on any atom is -0.314 e. The maximum absolute atomic E-state index is 3.66.